The molecule has 72 valence electrons. The molecule has 0 aromatic heterocycles. The van der Waals surface area contributed by atoms with E-state index in [1.807, 2.05) is 18.8 Å². The fraction of sp³-hybridized carbons (Fsp3) is 0.455. The van der Waals surface area contributed by atoms with E-state index in [0.717, 1.165) is 6.54 Å². The molecule has 1 aromatic rings. The second-order valence-corrected chi connectivity index (χ2v) is 4.12. The lowest BCUT2D eigenvalue weighted by Gasteiger charge is -2.11. The molecule has 0 saturated heterocycles. The summed E-state index contributed by atoms with van der Waals surface area (Å²) in [7, 11) is 1.99. The molecule has 0 aliphatic heterocycles. The molecule has 1 aromatic carbocycles. The Morgan fingerprint density at radius 3 is 2.54 bits per heavy atom. The predicted molar refractivity (Wildman–Crippen MR) is 60.5 cm³/mol. The first-order valence-corrected chi connectivity index (χ1v) is 5.70. The van der Waals surface area contributed by atoms with Gasteiger partial charge in [-0.1, -0.05) is 17.7 Å². The van der Waals surface area contributed by atoms with Gasteiger partial charge in [0.25, 0.3) is 0 Å². The van der Waals surface area contributed by atoms with Crippen molar-refractivity contribution in [1.29, 1.82) is 0 Å². The fourth-order valence-corrected chi connectivity index (χ4v) is 2.43. The summed E-state index contributed by atoms with van der Waals surface area (Å²) in [5.74, 6) is 0. The third-order valence-electron chi connectivity index (χ3n) is 2.07. The summed E-state index contributed by atoms with van der Waals surface area (Å²) < 4.78 is 0. The Balaban J connectivity index is 3.13. The van der Waals surface area contributed by atoms with E-state index in [1.54, 1.807) is 0 Å². The van der Waals surface area contributed by atoms with Crippen LogP contribution in [0.3, 0.4) is 0 Å². The van der Waals surface area contributed by atoms with Gasteiger partial charge in [0.2, 0.25) is 0 Å². The summed E-state index contributed by atoms with van der Waals surface area (Å²) in [5.41, 5.74) is 4.14. The van der Waals surface area contributed by atoms with E-state index in [1.165, 1.54) is 21.6 Å². The van der Waals surface area contributed by atoms with Gasteiger partial charge in [0, 0.05) is 11.4 Å². The molecule has 0 bridgehead atoms. The Hall–Kier alpha value is -0.470. The molecule has 0 atom stereocenters. The summed E-state index contributed by atoms with van der Waals surface area (Å²) in [6.45, 7) is 5.28. The average molecular weight is 195 g/mol. The van der Waals surface area contributed by atoms with Crippen molar-refractivity contribution in [3.8, 4) is 0 Å². The van der Waals surface area contributed by atoms with Crippen LogP contribution in [0.1, 0.15) is 16.7 Å². The maximum atomic E-state index is 3.20. The number of hydrogen-bond acceptors (Lipinski definition) is 2. The van der Waals surface area contributed by atoms with Gasteiger partial charge in [-0.15, -0.1) is 11.8 Å². The molecule has 0 spiro atoms. The minimum Gasteiger partial charge on any atom is -0.316 e. The topological polar surface area (TPSA) is 12.0 Å². The molecule has 1 rings (SSSR count). The molecule has 1 nitrogen and oxygen atoms in total. The van der Waals surface area contributed by atoms with Crippen molar-refractivity contribution in [1.82, 2.24) is 5.32 Å². The van der Waals surface area contributed by atoms with Crippen molar-refractivity contribution >= 4 is 11.8 Å². The quantitative estimate of drug-likeness (QED) is 0.744. The minimum absolute atomic E-state index is 0.957. The van der Waals surface area contributed by atoms with Gasteiger partial charge in [-0.05, 0) is 38.3 Å². The zero-order chi connectivity index (χ0) is 9.84. The van der Waals surface area contributed by atoms with Gasteiger partial charge in [0.05, 0.1) is 0 Å². The van der Waals surface area contributed by atoms with Crippen molar-refractivity contribution in [3.05, 3.63) is 28.8 Å². The summed E-state index contributed by atoms with van der Waals surface area (Å²) in [6.07, 6.45) is 2.14. The maximum Gasteiger partial charge on any atom is 0.0213 e. The number of thioether (sulfide) groups is 1. The van der Waals surface area contributed by atoms with Crippen molar-refractivity contribution < 1.29 is 0 Å². The van der Waals surface area contributed by atoms with Crippen LogP contribution in [-0.2, 0) is 6.54 Å². The SMILES string of the molecule is CNCc1cc(C)cc(C)c1SC. The maximum absolute atomic E-state index is 3.20. The third-order valence-corrected chi connectivity index (χ3v) is 3.06. The number of aryl methyl sites for hydroxylation is 2. The second-order valence-electron chi connectivity index (χ2n) is 3.30. The van der Waals surface area contributed by atoms with Crippen LogP contribution in [0.25, 0.3) is 0 Å². The number of nitrogens with one attached hydrogen (secondary N) is 1. The smallest absolute Gasteiger partial charge is 0.0213 e. The van der Waals surface area contributed by atoms with Crippen LogP contribution in [0.15, 0.2) is 17.0 Å². The first-order valence-electron chi connectivity index (χ1n) is 4.47. The van der Waals surface area contributed by atoms with E-state index in [-0.39, 0.29) is 0 Å². The van der Waals surface area contributed by atoms with E-state index < -0.39 is 0 Å². The highest BCUT2D eigenvalue weighted by atomic mass is 32.2. The molecule has 13 heavy (non-hydrogen) atoms. The van der Waals surface area contributed by atoms with E-state index >= 15 is 0 Å². The van der Waals surface area contributed by atoms with Crippen molar-refractivity contribution in [2.75, 3.05) is 13.3 Å². The lowest BCUT2D eigenvalue weighted by molar-refractivity contribution is 0.799. The van der Waals surface area contributed by atoms with Crippen molar-refractivity contribution in [2.24, 2.45) is 0 Å². The Morgan fingerprint density at radius 1 is 1.31 bits per heavy atom. The van der Waals surface area contributed by atoms with Crippen molar-refractivity contribution in [3.63, 3.8) is 0 Å². The lowest BCUT2D eigenvalue weighted by Crippen LogP contribution is -2.07. The Kier molecular flexibility index (Phi) is 3.82. The molecule has 0 heterocycles. The van der Waals surface area contributed by atoms with E-state index in [4.69, 9.17) is 0 Å². The van der Waals surface area contributed by atoms with Crippen LogP contribution in [0.4, 0.5) is 0 Å². The van der Waals surface area contributed by atoms with Gasteiger partial charge in [-0.2, -0.15) is 0 Å². The van der Waals surface area contributed by atoms with Crippen LogP contribution in [0.5, 0.6) is 0 Å². The summed E-state index contributed by atoms with van der Waals surface area (Å²) in [5, 5.41) is 3.20. The summed E-state index contributed by atoms with van der Waals surface area (Å²) >= 11 is 1.83. The predicted octanol–water partition coefficient (Wildman–Crippen LogP) is 2.74. The molecule has 0 aliphatic carbocycles. The molecule has 0 aliphatic rings. The van der Waals surface area contributed by atoms with Gasteiger partial charge < -0.3 is 5.32 Å². The lowest BCUT2D eigenvalue weighted by atomic mass is 10.1. The zero-order valence-electron chi connectivity index (χ0n) is 8.77. The Bertz CT molecular complexity index is 294. The van der Waals surface area contributed by atoms with E-state index in [2.05, 4.69) is 37.6 Å². The molecule has 0 saturated carbocycles. The molecule has 0 fully saturated rings. The summed E-state index contributed by atoms with van der Waals surface area (Å²) in [4.78, 5) is 1.42. The molecular formula is C11H17NS. The summed E-state index contributed by atoms with van der Waals surface area (Å²) in [6, 6.07) is 4.50. The highest BCUT2D eigenvalue weighted by Gasteiger charge is 2.04. The molecule has 0 amide bonds. The standard InChI is InChI=1S/C11H17NS/c1-8-5-9(2)11(13-4)10(6-8)7-12-3/h5-6,12H,7H2,1-4H3. The van der Waals surface area contributed by atoms with E-state index in [0.29, 0.717) is 0 Å². The third kappa shape index (κ3) is 2.48. The highest BCUT2D eigenvalue weighted by molar-refractivity contribution is 7.98. The first kappa shape index (κ1) is 10.6. The molecular weight excluding hydrogens is 178 g/mol. The van der Waals surface area contributed by atoms with Crippen LogP contribution in [0, 0.1) is 13.8 Å². The first-order chi connectivity index (χ1) is 6.19. The van der Waals surface area contributed by atoms with Gasteiger partial charge in [-0.3, -0.25) is 0 Å². The van der Waals surface area contributed by atoms with Gasteiger partial charge in [0.1, 0.15) is 0 Å². The minimum atomic E-state index is 0.957. The number of hydrogen-bond donors (Lipinski definition) is 1. The van der Waals surface area contributed by atoms with Crippen molar-refractivity contribution in [2.45, 2.75) is 25.3 Å². The molecule has 1 N–H and O–H groups in total. The monoisotopic (exact) mass is 195 g/mol. The molecule has 0 unspecified atom stereocenters. The van der Waals surface area contributed by atoms with Crippen LogP contribution < -0.4 is 5.32 Å². The Labute approximate surface area is 84.9 Å². The van der Waals surface area contributed by atoms with E-state index in [9.17, 15) is 0 Å². The largest absolute Gasteiger partial charge is 0.316 e. The highest BCUT2D eigenvalue weighted by Crippen LogP contribution is 2.25. The van der Waals surface area contributed by atoms with Crippen LogP contribution in [-0.4, -0.2) is 13.3 Å². The Morgan fingerprint density at radius 2 is 2.00 bits per heavy atom. The van der Waals surface area contributed by atoms with Gasteiger partial charge >= 0.3 is 0 Å². The average Bonchev–Trinajstić information content (AvgIpc) is 2.04. The van der Waals surface area contributed by atoms with Gasteiger partial charge in [0.15, 0.2) is 0 Å². The zero-order valence-corrected chi connectivity index (χ0v) is 9.59. The molecule has 2 heteroatoms. The second kappa shape index (κ2) is 4.68. The van der Waals surface area contributed by atoms with Crippen LogP contribution in [0.2, 0.25) is 0 Å². The normalized spacial score (nSPS) is 10.5. The number of rotatable bonds is 3. The van der Waals surface area contributed by atoms with Crippen LogP contribution >= 0.6 is 11.8 Å². The number of benzene rings is 1. The molecule has 0 radical (unpaired) electrons. The fourth-order valence-electron chi connectivity index (χ4n) is 1.66. The van der Waals surface area contributed by atoms with Gasteiger partial charge in [-0.25, -0.2) is 0 Å².